The Bertz CT molecular complexity index is 747. The van der Waals surface area contributed by atoms with E-state index in [4.69, 9.17) is 21.7 Å². The zero-order chi connectivity index (χ0) is 18.1. The highest BCUT2D eigenvalue weighted by molar-refractivity contribution is 7.80. The predicted octanol–water partition coefficient (Wildman–Crippen LogP) is 3.46. The van der Waals surface area contributed by atoms with E-state index >= 15 is 0 Å². The highest BCUT2D eigenvalue weighted by Gasteiger charge is 2.02. The van der Waals surface area contributed by atoms with Crippen molar-refractivity contribution in [3.8, 4) is 5.75 Å². The van der Waals surface area contributed by atoms with Crippen molar-refractivity contribution in [3.05, 3.63) is 42.0 Å². The van der Waals surface area contributed by atoms with Crippen molar-refractivity contribution in [2.45, 2.75) is 20.3 Å². The van der Waals surface area contributed by atoms with Crippen LogP contribution in [-0.4, -0.2) is 37.7 Å². The molecule has 0 bridgehead atoms. The maximum atomic E-state index is 5.28. The van der Waals surface area contributed by atoms with Crippen molar-refractivity contribution in [2.75, 3.05) is 26.9 Å². The second-order valence-corrected chi connectivity index (χ2v) is 5.95. The van der Waals surface area contributed by atoms with Crippen molar-refractivity contribution < 1.29 is 9.47 Å². The fourth-order valence-corrected chi connectivity index (χ4v) is 2.48. The molecule has 0 fully saturated rings. The zero-order valence-corrected chi connectivity index (χ0v) is 15.8. The number of fused-ring (bicyclic) bond motifs is 1. The van der Waals surface area contributed by atoms with Crippen LogP contribution in [0.25, 0.3) is 10.8 Å². The first kappa shape index (κ1) is 19.1. The van der Waals surface area contributed by atoms with Crippen molar-refractivity contribution in [2.24, 2.45) is 5.10 Å². The molecule has 134 valence electrons. The van der Waals surface area contributed by atoms with Crippen LogP contribution in [0, 0.1) is 0 Å². The largest absolute Gasteiger partial charge is 0.497 e. The van der Waals surface area contributed by atoms with Gasteiger partial charge in [-0.2, -0.15) is 5.10 Å². The summed E-state index contributed by atoms with van der Waals surface area (Å²) in [5.41, 5.74) is 4.80. The molecule has 0 aliphatic carbocycles. The molecular formula is C19H25N3O2S. The van der Waals surface area contributed by atoms with Crippen LogP contribution in [-0.2, 0) is 4.74 Å². The fraction of sp³-hybridized carbons (Fsp3) is 0.368. The summed E-state index contributed by atoms with van der Waals surface area (Å²) in [6.07, 6.45) is 0.909. The lowest BCUT2D eigenvalue weighted by Gasteiger charge is -2.09. The number of benzene rings is 2. The van der Waals surface area contributed by atoms with E-state index in [9.17, 15) is 0 Å². The van der Waals surface area contributed by atoms with Crippen LogP contribution >= 0.6 is 12.2 Å². The molecule has 0 unspecified atom stereocenters. The fourth-order valence-electron chi connectivity index (χ4n) is 2.34. The molecule has 6 heteroatoms. The molecule has 2 aromatic carbocycles. The lowest BCUT2D eigenvalue weighted by Crippen LogP contribution is -2.33. The third-order valence-electron chi connectivity index (χ3n) is 3.75. The highest BCUT2D eigenvalue weighted by Crippen LogP contribution is 2.22. The van der Waals surface area contributed by atoms with Gasteiger partial charge in [-0.15, -0.1) is 0 Å². The third kappa shape index (κ3) is 5.99. The first-order chi connectivity index (χ1) is 12.1. The number of ether oxygens (including phenoxy) is 2. The summed E-state index contributed by atoms with van der Waals surface area (Å²) in [6, 6.07) is 12.2. The molecule has 0 aliphatic rings. The van der Waals surface area contributed by atoms with Gasteiger partial charge in [0.05, 0.1) is 12.8 Å². The molecule has 2 aromatic rings. The number of nitrogens with one attached hydrogen (secondary N) is 2. The standard InChI is InChI=1S/C19H25N3O2S/c1-4-24-11-5-10-20-19(25)22-21-14(2)15-6-7-17-13-18(23-3)9-8-16(17)12-15/h6-9,12-13H,4-5,10-11H2,1-3H3,(H2,20,22,25)/b21-14-. The van der Waals surface area contributed by atoms with E-state index in [1.54, 1.807) is 7.11 Å². The Hall–Kier alpha value is -2.18. The number of thiocarbonyl (C=S) groups is 1. The Kier molecular flexibility index (Phi) is 7.63. The average molecular weight is 359 g/mol. The maximum Gasteiger partial charge on any atom is 0.186 e. The summed E-state index contributed by atoms with van der Waals surface area (Å²) in [5, 5.41) is 10.3. The third-order valence-corrected chi connectivity index (χ3v) is 3.98. The number of nitrogens with zero attached hydrogens (tertiary/aromatic N) is 1. The molecule has 0 atom stereocenters. The molecule has 0 aromatic heterocycles. The minimum absolute atomic E-state index is 0.515. The zero-order valence-electron chi connectivity index (χ0n) is 15.0. The first-order valence-electron chi connectivity index (χ1n) is 8.38. The van der Waals surface area contributed by atoms with Gasteiger partial charge in [0.1, 0.15) is 5.75 Å². The van der Waals surface area contributed by atoms with Gasteiger partial charge in [-0.1, -0.05) is 18.2 Å². The monoisotopic (exact) mass is 359 g/mol. The minimum Gasteiger partial charge on any atom is -0.497 e. The maximum absolute atomic E-state index is 5.28. The quantitative estimate of drug-likeness (QED) is 0.327. The molecule has 2 N–H and O–H groups in total. The van der Waals surface area contributed by atoms with E-state index in [1.165, 1.54) is 0 Å². The molecule has 0 radical (unpaired) electrons. The topological polar surface area (TPSA) is 54.9 Å². The van der Waals surface area contributed by atoms with Crippen molar-refractivity contribution in [1.29, 1.82) is 0 Å². The van der Waals surface area contributed by atoms with Crippen LogP contribution in [0.3, 0.4) is 0 Å². The summed E-state index contributed by atoms with van der Waals surface area (Å²) in [4.78, 5) is 0. The number of methoxy groups -OCH3 is 1. The van der Waals surface area contributed by atoms with E-state index in [2.05, 4.69) is 28.0 Å². The SMILES string of the molecule is CCOCCCNC(=S)N/N=C(/C)c1ccc2cc(OC)ccc2c1. The van der Waals surface area contributed by atoms with Crippen LogP contribution in [0.4, 0.5) is 0 Å². The normalized spacial score (nSPS) is 11.4. The lowest BCUT2D eigenvalue weighted by atomic mass is 10.0. The van der Waals surface area contributed by atoms with Gasteiger partial charge < -0.3 is 14.8 Å². The van der Waals surface area contributed by atoms with E-state index in [0.29, 0.717) is 5.11 Å². The molecule has 0 heterocycles. The Labute approximate surface area is 154 Å². The van der Waals surface area contributed by atoms with Gasteiger partial charge in [-0.25, -0.2) is 0 Å². The van der Waals surface area contributed by atoms with E-state index in [0.717, 1.165) is 54.0 Å². The van der Waals surface area contributed by atoms with E-state index in [-0.39, 0.29) is 0 Å². The van der Waals surface area contributed by atoms with Gasteiger partial charge >= 0.3 is 0 Å². The summed E-state index contributed by atoms with van der Waals surface area (Å²) >= 11 is 5.22. The first-order valence-corrected chi connectivity index (χ1v) is 8.79. The number of rotatable bonds is 8. The molecule has 0 amide bonds. The Morgan fingerprint density at radius 1 is 1.16 bits per heavy atom. The van der Waals surface area contributed by atoms with Crippen LogP contribution in [0.15, 0.2) is 41.5 Å². The predicted molar refractivity (Wildman–Crippen MR) is 108 cm³/mol. The Balaban J connectivity index is 1.92. The van der Waals surface area contributed by atoms with E-state index < -0.39 is 0 Å². The lowest BCUT2D eigenvalue weighted by molar-refractivity contribution is 0.145. The average Bonchev–Trinajstić information content (AvgIpc) is 2.65. The number of hydrogen-bond donors (Lipinski definition) is 2. The molecule has 0 saturated heterocycles. The molecule has 0 spiro atoms. The van der Waals surface area contributed by atoms with Gasteiger partial charge in [0.25, 0.3) is 0 Å². The molecule has 0 saturated carbocycles. The molecule has 2 rings (SSSR count). The van der Waals surface area contributed by atoms with Crippen molar-refractivity contribution in [3.63, 3.8) is 0 Å². The van der Waals surface area contributed by atoms with Gasteiger partial charge in [-0.05, 0) is 67.0 Å². The summed E-state index contributed by atoms with van der Waals surface area (Å²) in [7, 11) is 1.67. The van der Waals surface area contributed by atoms with Gasteiger partial charge in [0.15, 0.2) is 5.11 Å². The molecule has 5 nitrogen and oxygen atoms in total. The van der Waals surface area contributed by atoms with E-state index in [1.807, 2.05) is 38.1 Å². The number of hydrazone groups is 1. The second-order valence-electron chi connectivity index (χ2n) is 5.54. The summed E-state index contributed by atoms with van der Waals surface area (Å²) in [6.45, 7) is 6.18. The Morgan fingerprint density at radius 2 is 1.92 bits per heavy atom. The van der Waals surface area contributed by atoms with Crippen molar-refractivity contribution in [1.82, 2.24) is 10.7 Å². The number of hydrogen-bond acceptors (Lipinski definition) is 4. The summed E-state index contributed by atoms with van der Waals surface area (Å²) < 4.78 is 10.5. The Morgan fingerprint density at radius 3 is 2.68 bits per heavy atom. The molecule has 25 heavy (non-hydrogen) atoms. The summed E-state index contributed by atoms with van der Waals surface area (Å²) in [5.74, 6) is 0.855. The van der Waals surface area contributed by atoms with Gasteiger partial charge in [0, 0.05) is 19.8 Å². The minimum atomic E-state index is 0.515. The molecule has 0 aliphatic heterocycles. The van der Waals surface area contributed by atoms with Crippen molar-refractivity contribution >= 4 is 33.8 Å². The molecular weight excluding hydrogens is 334 g/mol. The highest BCUT2D eigenvalue weighted by atomic mass is 32.1. The van der Waals surface area contributed by atoms with Crippen LogP contribution in [0.1, 0.15) is 25.8 Å². The smallest absolute Gasteiger partial charge is 0.186 e. The van der Waals surface area contributed by atoms with Crippen LogP contribution in [0.2, 0.25) is 0 Å². The van der Waals surface area contributed by atoms with Crippen LogP contribution < -0.4 is 15.5 Å². The van der Waals surface area contributed by atoms with Gasteiger partial charge in [-0.3, -0.25) is 5.43 Å². The van der Waals surface area contributed by atoms with Gasteiger partial charge in [0.2, 0.25) is 0 Å². The second kappa shape index (κ2) is 9.96. The van der Waals surface area contributed by atoms with Crippen LogP contribution in [0.5, 0.6) is 5.75 Å².